The molecule has 0 aromatic heterocycles. The van der Waals surface area contributed by atoms with Gasteiger partial charge in [-0.2, -0.15) is 0 Å². The molecule has 0 amide bonds. The highest BCUT2D eigenvalue weighted by Crippen LogP contribution is 2.20. The van der Waals surface area contributed by atoms with Gasteiger partial charge in [0.25, 0.3) is 0 Å². The monoisotopic (exact) mass is 274 g/mol. The lowest BCUT2D eigenvalue weighted by molar-refractivity contribution is -0.103. The summed E-state index contributed by atoms with van der Waals surface area (Å²) in [7, 11) is 2.17. The van der Waals surface area contributed by atoms with E-state index in [9.17, 15) is 0 Å². The molecule has 0 radical (unpaired) electrons. The van der Waals surface area contributed by atoms with Crippen molar-refractivity contribution in [3.8, 4) is 0 Å². The maximum absolute atomic E-state index is 5.88. The molecule has 118 valence electrons. The van der Waals surface area contributed by atoms with E-state index in [4.69, 9.17) is 4.74 Å². The van der Waals surface area contributed by atoms with Gasteiger partial charge in [0.05, 0.1) is 12.2 Å². The van der Waals surface area contributed by atoms with Crippen LogP contribution < -0.4 is 5.32 Å². The average Bonchev–Trinajstić information content (AvgIpc) is 2.38. The Morgan fingerprint density at radius 2 is 1.74 bits per heavy atom. The van der Waals surface area contributed by atoms with Crippen LogP contribution in [0.3, 0.4) is 0 Å². The summed E-state index contributed by atoms with van der Waals surface area (Å²) >= 11 is 0. The molecule has 0 aromatic carbocycles. The maximum Gasteiger partial charge on any atom is 0.0930 e. The predicted octanol–water partition coefficient (Wildman–Crippen LogP) is 3.40. The van der Waals surface area contributed by atoms with Crippen LogP contribution in [-0.2, 0) is 4.74 Å². The van der Waals surface area contributed by atoms with Crippen molar-refractivity contribution in [3.63, 3.8) is 0 Å². The lowest BCUT2D eigenvalue weighted by atomic mass is 9.98. The zero-order valence-corrected chi connectivity index (χ0v) is 14.7. The fourth-order valence-corrected chi connectivity index (χ4v) is 1.83. The smallest absolute Gasteiger partial charge is 0.0930 e. The molecule has 0 aromatic rings. The summed E-state index contributed by atoms with van der Waals surface area (Å²) < 4.78 is 5.88. The topological polar surface area (TPSA) is 24.5 Å². The molecular formula is C16H38N2O. The van der Waals surface area contributed by atoms with E-state index in [1.54, 1.807) is 0 Å². The summed E-state index contributed by atoms with van der Waals surface area (Å²) in [5.41, 5.74) is 0.0585. The molecule has 19 heavy (non-hydrogen) atoms. The minimum absolute atomic E-state index is 0.0585. The number of morpholine rings is 1. The fourth-order valence-electron chi connectivity index (χ4n) is 1.83. The molecule has 1 aliphatic heterocycles. The molecule has 1 fully saturated rings. The molecule has 0 spiro atoms. The van der Waals surface area contributed by atoms with Crippen LogP contribution in [0.5, 0.6) is 0 Å². The van der Waals surface area contributed by atoms with E-state index in [0.717, 1.165) is 45.1 Å². The van der Waals surface area contributed by atoms with E-state index in [1.807, 2.05) is 13.8 Å². The predicted molar refractivity (Wildman–Crippen MR) is 86.9 cm³/mol. The van der Waals surface area contributed by atoms with Crippen molar-refractivity contribution in [2.24, 2.45) is 5.92 Å². The Hall–Kier alpha value is -0.120. The van der Waals surface area contributed by atoms with Crippen LogP contribution in [0.1, 0.15) is 54.9 Å². The SMILES string of the molecule is CC.CC(C)C.CCNCC1(CC)CN(C)CCO1. The first-order valence-electron chi connectivity index (χ1n) is 7.99. The third-order valence-corrected chi connectivity index (χ3v) is 2.78. The van der Waals surface area contributed by atoms with Gasteiger partial charge in [-0.15, -0.1) is 0 Å². The molecule has 1 heterocycles. The van der Waals surface area contributed by atoms with Gasteiger partial charge >= 0.3 is 0 Å². The molecule has 1 aliphatic rings. The summed E-state index contributed by atoms with van der Waals surface area (Å²) in [4.78, 5) is 2.35. The molecule has 1 unspecified atom stereocenters. The Morgan fingerprint density at radius 1 is 1.21 bits per heavy atom. The van der Waals surface area contributed by atoms with Crippen molar-refractivity contribution in [3.05, 3.63) is 0 Å². The molecule has 0 bridgehead atoms. The van der Waals surface area contributed by atoms with Crippen LogP contribution in [-0.4, -0.2) is 50.3 Å². The van der Waals surface area contributed by atoms with E-state index in [1.165, 1.54) is 0 Å². The van der Waals surface area contributed by atoms with Gasteiger partial charge in [0, 0.05) is 19.6 Å². The second kappa shape index (κ2) is 12.9. The van der Waals surface area contributed by atoms with Crippen molar-refractivity contribution >= 4 is 0 Å². The summed E-state index contributed by atoms with van der Waals surface area (Å²) in [5, 5.41) is 3.38. The van der Waals surface area contributed by atoms with Crippen molar-refractivity contribution in [1.82, 2.24) is 10.2 Å². The minimum atomic E-state index is 0.0585. The van der Waals surface area contributed by atoms with E-state index in [-0.39, 0.29) is 5.60 Å². The summed E-state index contributed by atoms with van der Waals surface area (Å²) in [6, 6.07) is 0. The van der Waals surface area contributed by atoms with Gasteiger partial charge in [-0.3, -0.25) is 0 Å². The van der Waals surface area contributed by atoms with E-state index < -0.39 is 0 Å². The van der Waals surface area contributed by atoms with Gasteiger partial charge in [0.1, 0.15) is 0 Å². The third kappa shape index (κ3) is 11.4. The van der Waals surface area contributed by atoms with Gasteiger partial charge < -0.3 is 15.0 Å². The van der Waals surface area contributed by atoms with Gasteiger partial charge in [0.15, 0.2) is 0 Å². The van der Waals surface area contributed by atoms with Gasteiger partial charge in [-0.25, -0.2) is 0 Å². The van der Waals surface area contributed by atoms with Crippen LogP contribution in [0.4, 0.5) is 0 Å². The summed E-state index contributed by atoms with van der Waals surface area (Å²) in [5.74, 6) is 0.833. The minimum Gasteiger partial charge on any atom is -0.371 e. The Balaban J connectivity index is 0. The standard InChI is InChI=1S/C10H22N2O.C4H10.C2H6/c1-4-10(8-11-5-2)9-12(3)6-7-13-10;1-4(2)3;1-2/h11H,4-9H2,1-3H3;4H,1-3H3;1-2H3. The quantitative estimate of drug-likeness (QED) is 0.850. The molecular weight excluding hydrogens is 236 g/mol. The molecule has 1 atom stereocenters. The number of hydrogen-bond acceptors (Lipinski definition) is 3. The van der Waals surface area contributed by atoms with Crippen molar-refractivity contribution in [1.29, 1.82) is 0 Å². The van der Waals surface area contributed by atoms with E-state index in [2.05, 4.69) is 51.9 Å². The number of hydrogen-bond donors (Lipinski definition) is 1. The number of nitrogens with zero attached hydrogens (tertiary/aromatic N) is 1. The Labute approximate surface area is 122 Å². The molecule has 1 saturated heterocycles. The number of likely N-dealkylation sites (N-methyl/N-ethyl adjacent to an activating group) is 2. The Kier molecular flexibility index (Phi) is 14.4. The number of ether oxygens (including phenoxy) is 1. The second-order valence-electron chi connectivity index (χ2n) is 5.64. The van der Waals surface area contributed by atoms with Crippen molar-refractivity contribution in [2.75, 3.05) is 39.8 Å². The molecule has 1 rings (SSSR count). The first kappa shape index (κ1) is 21.2. The zero-order chi connectivity index (χ0) is 15.3. The van der Waals surface area contributed by atoms with Crippen LogP contribution >= 0.6 is 0 Å². The van der Waals surface area contributed by atoms with Gasteiger partial charge in [-0.05, 0) is 25.9 Å². The molecule has 3 heteroatoms. The Morgan fingerprint density at radius 3 is 2.11 bits per heavy atom. The lowest BCUT2D eigenvalue weighted by Crippen LogP contribution is -2.55. The maximum atomic E-state index is 5.88. The third-order valence-electron chi connectivity index (χ3n) is 2.78. The highest BCUT2D eigenvalue weighted by atomic mass is 16.5. The average molecular weight is 274 g/mol. The molecule has 0 saturated carbocycles. The van der Waals surface area contributed by atoms with E-state index in [0.29, 0.717) is 0 Å². The van der Waals surface area contributed by atoms with Crippen LogP contribution in [0.25, 0.3) is 0 Å². The van der Waals surface area contributed by atoms with Crippen molar-refractivity contribution in [2.45, 2.75) is 60.5 Å². The molecule has 0 aliphatic carbocycles. The number of rotatable bonds is 4. The van der Waals surface area contributed by atoms with Crippen LogP contribution in [0, 0.1) is 5.92 Å². The highest BCUT2D eigenvalue weighted by Gasteiger charge is 2.33. The highest BCUT2D eigenvalue weighted by molar-refractivity contribution is 4.87. The van der Waals surface area contributed by atoms with Gasteiger partial charge in [0.2, 0.25) is 0 Å². The summed E-state index contributed by atoms with van der Waals surface area (Å²) in [6.07, 6.45) is 1.09. The first-order chi connectivity index (χ1) is 8.95. The van der Waals surface area contributed by atoms with Gasteiger partial charge in [-0.1, -0.05) is 48.5 Å². The van der Waals surface area contributed by atoms with Crippen LogP contribution in [0.15, 0.2) is 0 Å². The summed E-state index contributed by atoms with van der Waals surface area (Å²) in [6.45, 7) is 19.8. The van der Waals surface area contributed by atoms with Crippen LogP contribution in [0.2, 0.25) is 0 Å². The lowest BCUT2D eigenvalue weighted by Gasteiger charge is -2.41. The fraction of sp³-hybridized carbons (Fsp3) is 1.00. The van der Waals surface area contributed by atoms with E-state index >= 15 is 0 Å². The second-order valence-corrected chi connectivity index (χ2v) is 5.64. The first-order valence-corrected chi connectivity index (χ1v) is 7.99. The largest absolute Gasteiger partial charge is 0.371 e. The molecule has 1 N–H and O–H groups in total. The normalized spacial score (nSPS) is 23.2. The molecule has 3 nitrogen and oxygen atoms in total. The zero-order valence-electron chi connectivity index (χ0n) is 14.7. The van der Waals surface area contributed by atoms with Crippen molar-refractivity contribution < 1.29 is 4.74 Å². The Bertz CT molecular complexity index is 183. The number of nitrogens with one attached hydrogen (secondary N) is 1.